The van der Waals surface area contributed by atoms with Crippen molar-refractivity contribution in [1.82, 2.24) is 4.98 Å². The van der Waals surface area contributed by atoms with Crippen LogP contribution in [0.5, 0.6) is 0 Å². The Morgan fingerprint density at radius 3 is 2.81 bits per heavy atom. The van der Waals surface area contributed by atoms with Gasteiger partial charge in [-0.05, 0) is 44.2 Å². The number of pyridine rings is 1. The third-order valence-corrected chi connectivity index (χ3v) is 4.45. The van der Waals surface area contributed by atoms with Gasteiger partial charge in [0.15, 0.2) is 0 Å². The van der Waals surface area contributed by atoms with Crippen LogP contribution in [0, 0.1) is 19.8 Å². The molecule has 0 spiro atoms. The average molecular weight is 306 g/mol. The Balaban J connectivity index is 2.16. The Morgan fingerprint density at radius 1 is 1.43 bits per heavy atom. The first-order valence-electron chi connectivity index (χ1n) is 7.23. The van der Waals surface area contributed by atoms with Crippen molar-refractivity contribution in [1.29, 1.82) is 0 Å². The Morgan fingerprint density at radius 2 is 2.14 bits per heavy atom. The van der Waals surface area contributed by atoms with Crippen molar-refractivity contribution in [3.63, 3.8) is 0 Å². The quantitative estimate of drug-likeness (QED) is 0.667. The number of nitrogen functional groups attached to an aromatic ring is 1. The lowest BCUT2D eigenvalue weighted by Crippen LogP contribution is -2.07. The summed E-state index contributed by atoms with van der Waals surface area (Å²) >= 11 is 1.31. The highest BCUT2D eigenvalue weighted by atomic mass is 32.1. The Labute approximate surface area is 129 Å². The first-order chi connectivity index (χ1) is 9.90. The molecular formula is C16H22N2O2S. The summed E-state index contributed by atoms with van der Waals surface area (Å²) < 4.78 is 5.32. The van der Waals surface area contributed by atoms with Crippen LogP contribution in [-0.4, -0.2) is 17.6 Å². The maximum Gasteiger partial charge on any atom is 0.350 e. The Hall–Kier alpha value is -1.62. The van der Waals surface area contributed by atoms with Crippen molar-refractivity contribution in [2.45, 2.75) is 40.5 Å². The lowest BCUT2D eigenvalue weighted by atomic mass is 10.1. The van der Waals surface area contributed by atoms with Crippen LogP contribution in [0.3, 0.4) is 0 Å². The summed E-state index contributed by atoms with van der Waals surface area (Å²) in [6.45, 7) is 8.67. The molecule has 21 heavy (non-hydrogen) atoms. The molecule has 2 aromatic rings. The van der Waals surface area contributed by atoms with E-state index in [-0.39, 0.29) is 5.97 Å². The van der Waals surface area contributed by atoms with E-state index in [0.717, 1.165) is 34.3 Å². The summed E-state index contributed by atoms with van der Waals surface area (Å²) in [6.07, 6.45) is 1.93. The van der Waals surface area contributed by atoms with Crippen LogP contribution in [0.2, 0.25) is 0 Å². The predicted molar refractivity (Wildman–Crippen MR) is 87.9 cm³/mol. The maximum absolute atomic E-state index is 12.2. The number of hydrogen-bond acceptors (Lipinski definition) is 5. The van der Waals surface area contributed by atoms with Gasteiger partial charge in [-0.15, -0.1) is 11.3 Å². The summed E-state index contributed by atoms with van der Waals surface area (Å²) in [4.78, 5) is 17.9. The number of carbonyl (C=O) groups is 1. The fraction of sp³-hybridized carbons (Fsp3) is 0.500. The van der Waals surface area contributed by atoms with Gasteiger partial charge in [0, 0.05) is 11.1 Å². The van der Waals surface area contributed by atoms with Gasteiger partial charge in [0.2, 0.25) is 0 Å². The summed E-state index contributed by atoms with van der Waals surface area (Å²) in [7, 11) is 0. The molecule has 5 heteroatoms. The molecule has 114 valence electrons. The highest BCUT2D eigenvalue weighted by molar-refractivity contribution is 7.21. The summed E-state index contributed by atoms with van der Waals surface area (Å²) in [6, 6.07) is 1.98. The molecule has 2 N–H and O–H groups in total. The minimum atomic E-state index is -0.337. The summed E-state index contributed by atoms with van der Waals surface area (Å²) in [5, 5.41) is 0.875. The van der Waals surface area contributed by atoms with Gasteiger partial charge in [-0.2, -0.15) is 0 Å². The number of aromatic nitrogens is 1. The van der Waals surface area contributed by atoms with E-state index in [1.165, 1.54) is 11.3 Å². The number of anilines is 1. The zero-order chi connectivity index (χ0) is 15.6. The highest BCUT2D eigenvalue weighted by Crippen LogP contribution is 2.35. The van der Waals surface area contributed by atoms with Gasteiger partial charge in [-0.1, -0.05) is 13.8 Å². The number of ether oxygens (including phenoxy) is 1. The number of hydrogen-bond donors (Lipinski definition) is 1. The molecule has 0 radical (unpaired) electrons. The molecule has 0 fully saturated rings. The van der Waals surface area contributed by atoms with E-state index in [1.54, 1.807) is 0 Å². The summed E-state index contributed by atoms with van der Waals surface area (Å²) in [5.74, 6) is 0.282. The van der Waals surface area contributed by atoms with E-state index in [4.69, 9.17) is 10.5 Å². The molecule has 0 aromatic carbocycles. The van der Waals surface area contributed by atoms with Crippen LogP contribution in [0.4, 0.5) is 5.69 Å². The standard InChI is InChI=1S/C16H22N2O2S/c1-9(2)6-5-7-20-16(19)14-13(17)12-10(3)8-11(4)18-15(12)21-14/h8-9H,5-7,17H2,1-4H3. The normalized spacial score (nSPS) is 11.3. The smallest absolute Gasteiger partial charge is 0.350 e. The first-order valence-corrected chi connectivity index (χ1v) is 8.05. The fourth-order valence-corrected chi connectivity index (χ4v) is 3.45. The molecule has 0 saturated heterocycles. The highest BCUT2D eigenvalue weighted by Gasteiger charge is 2.20. The van der Waals surface area contributed by atoms with Gasteiger partial charge in [0.25, 0.3) is 0 Å². The monoisotopic (exact) mass is 306 g/mol. The number of thiophene rings is 1. The fourth-order valence-electron chi connectivity index (χ4n) is 2.34. The molecule has 0 aliphatic carbocycles. The SMILES string of the molecule is Cc1cc(C)c2c(N)c(C(=O)OCCCC(C)C)sc2n1. The Kier molecular flexibility index (Phi) is 4.83. The molecule has 2 heterocycles. The number of aryl methyl sites for hydroxylation is 2. The molecule has 2 aromatic heterocycles. The molecule has 4 nitrogen and oxygen atoms in total. The second-order valence-electron chi connectivity index (χ2n) is 5.78. The number of nitrogens with two attached hydrogens (primary N) is 1. The largest absolute Gasteiger partial charge is 0.461 e. The third-order valence-electron chi connectivity index (χ3n) is 3.37. The van der Waals surface area contributed by atoms with Crippen LogP contribution in [0.15, 0.2) is 6.07 Å². The van der Waals surface area contributed by atoms with Crippen molar-refractivity contribution >= 4 is 33.2 Å². The molecule has 0 bridgehead atoms. The number of esters is 1. The van der Waals surface area contributed by atoms with Gasteiger partial charge in [-0.3, -0.25) is 0 Å². The van der Waals surface area contributed by atoms with Crippen molar-refractivity contribution in [2.75, 3.05) is 12.3 Å². The maximum atomic E-state index is 12.2. The lowest BCUT2D eigenvalue weighted by Gasteiger charge is -2.06. The van der Waals surface area contributed by atoms with Crippen molar-refractivity contribution in [2.24, 2.45) is 5.92 Å². The second kappa shape index (κ2) is 6.43. The topological polar surface area (TPSA) is 65.2 Å². The second-order valence-corrected chi connectivity index (χ2v) is 6.78. The Bertz CT molecular complexity index is 662. The minimum Gasteiger partial charge on any atom is -0.461 e. The van der Waals surface area contributed by atoms with Crippen LogP contribution < -0.4 is 5.73 Å². The van der Waals surface area contributed by atoms with Gasteiger partial charge >= 0.3 is 5.97 Å². The van der Waals surface area contributed by atoms with Gasteiger partial charge < -0.3 is 10.5 Å². The average Bonchev–Trinajstić information content (AvgIpc) is 2.71. The van der Waals surface area contributed by atoms with Gasteiger partial charge in [-0.25, -0.2) is 9.78 Å². The number of rotatable bonds is 5. The molecule has 0 aliphatic heterocycles. The van der Waals surface area contributed by atoms with Crippen LogP contribution in [0.1, 0.15) is 47.6 Å². The molecule has 0 aliphatic rings. The van der Waals surface area contributed by atoms with Gasteiger partial charge in [0.05, 0.1) is 12.3 Å². The van der Waals surface area contributed by atoms with Gasteiger partial charge in [0.1, 0.15) is 9.71 Å². The molecule has 0 atom stereocenters. The zero-order valence-electron chi connectivity index (χ0n) is 13.0. The molecule has 0 saturated carbocycles. The van der Waals surface area contributed by atoms with Crippen molar-refractivity contribution < 1.29 is 9.53 Å². The van der Waals surface area contributed by atoms with E-state index in [1.807, 2.05) is 19.9 Å². The molecule has 2 rings (SSSR count). The number of nitrogens with zero attached hydrogens (tertiary/aromatic N) is 1. The zero-order valence-corrected chi connectivity index (χ0v) is 13.8. The van der Waals surface area contributed by atoms with Crippen LogP contribution in [0.25, 0.3) is 10.2 Å². The van der Waals surface area contributed by atoms with E-state index >= 15 is 0 Å². The third kappa shape index (κ3) is 3.53. The van der Waals surface area contributed by atoms with E-state index < -0.39 is 0 Å². The molecular weight excluding hydrogens is 284 g/mol. The first kappa shape index (κ1) is 15.8. The van der Waals surface area contributed by atoms with Crippen molar-refractivity contribution in [3.05, 3.63) is 22.2 Å². The number of fused-ring (bicyclic) bond motifs is 1. The molecule has 0 unspecified atom stereocenters. The van der Waals surface area contributed by atoms with E-state index in [0.29, 0.717) is 23.1 Å². The summed E-state index contributed by atoms with van der Waals surface area (Å²) in [5.41, 5.74) is 8.58. The van der Waals surface area contributed by atoms with Crippen molar-refractivity contribution in [3.8, 4) is 0 Å². The lowest BCUT2D eigenvalue weighted by molar-refractivity contribution is 0.0501. The number of carbonyl (C=O) groups excluding carboxylic acids is 1. The van der Waals surface area contributed by atoms with E-state index in [2.05, 4.69) is 18.8 Å². The van der Waals surface area contributed by atoms with Crippen LogP contribution >= 0.6 is 11.3 Å². The van der Waals surface area contributed by atoms with E-state index in [9.17, 15) is 4.79 Å². The van der Waals surface area contributed by atoms with Crippen LogP contribution in [-0.2, 0) is 4.74 Å². The minimum absolute atomic E-state index is 0.337. The predicted octanol–water partition coefficient (Wildman–Crippen LogP) is 4.09. The molecule has 0 amide bonds.